The maximum atomic E-state index is 12.8. The molecule has 0 spiro atoms. The second-order valence-electron chi connectivity index (χ2n) is 7.57. The molecule has 1 aromatic carbocycles. The van der Waals surface area contributed by atoms with Crippen LogP contribution in [0.15, 0.2) is 30.3 Å². The van der Waals surface area contributed by atoms with Crippen molar-refractivity contribution in [2.45, 2.75) is 32.4 Å². The summed E-state index contributed by atoms with van der Waals surface area (Å²) in [5.41, 5.74) is 1.10. The third-order valence-corrected chi connectivity index (χ3v) is 4.55. The molecule has 7 heteroatoms. The van der Waals surface area contributed by atoms with Crippen molar-refractivity contribution < 1.29 is 19.4 Å². The van der Waals surface area contributed by atoms with E-state index in [2.05, 4.69) is 19.2 Å². The maximum Gasteiger partial charge on any atom is 0.318 e. The van der Waals surface area contributed by atoms with Crippen molar-refractivity contribution in [2.24, 2.45) is 5.92 Å². The molecule has 2 unspecified atom stereocenters. The van der Waals surface area contributed by atoms with Gasteiger partial charge in [0.25, 0.3) is 0 Å². The van der Waals surface area contributed by atoms with Gasteiger partial charge in [-0.3, -0.25) is 9.69 Å². The standard InChI is InChI=1S/C20H31N3O4/c1-15(2)11-18(16-7-5-4-6-8-16)21-20(26)23-9-10-27-17(13-23)12-22(3)14-19(24)25/h4-8,15,17-18H,9-14H2,1-3H3,(H,21,26)(H,24,25). The number of morpholine rings is 1. The SMILES string of the molecule is CC(C)CC(NC(=O)N1CCOC(CN(C)CC(=O)O)C1)c1ccccc1. The van der Waals surface area contributed by atoms with Crippen molar-refractivity contribution in [1.82, 2.24) is 15.1 Å². The first-order valence-electron chi connectivity index (χ1n) is 9.47. The molecule has 1 aliphatic heterocycles. The van der Waals surface area contributed by atoms with Crippen LogP contribution in [0.4, 0.5) is 4.79 Å². The lowest BCUT2D eigenvalue weighted by atomic mass is 9.97. The van der Waals surface area contributed by atoms with Gasteiger partial charge in [-0.1, -0.05) is 44.2 Å². The van der Waals surface area contributed by atoms with Gasteiger partial charge in [-0.05, 0) is 24.9 Å². The van der Waals surface area contributed by atoms with Gasteiger partial charge in [-0.2, -0.15) is 0 Å². The van der Waals surface area contributed by atoms with Gasteiger partial charge in [0.2, 0.25) is 0 Å². The Morgan fingerprint density at radius 1 is 1.33 bits per heavy atom. The zero-order valence-electron chi connectivity index (χ0n) is 16.4. The van der Waals surface area contributed by atoms with Crippen LogP contribution in [0.25, 0.3) is 0 Å². The smallest absolute Gasteiger partial charge is 0.318 e. The summed E-state index contributed by atoms with van der Waals surface area (Å²) < 4.78 is 5.71. The van der Waals surface area contributed by atoms with Gasteiger partial charge in [0, 0.05) is 19.6 Å². The molecule has 150 valence electrons. The molecule has 7 nitrogen and oxygen atoms in total. The van der Waals surface area contributed by atoms with E-state index in [9.17, 15) is 9.59 Å². The zero-order chi connectivity index (χ0) is 19.8. The van der Waals surface area contributed by atoms with E-state index in [-0.39, 0.29) is 24.7 Å². The fraction of sp³-hybridized carbons (Fsp3) is 0.600. The molecule has 2 amide bonds. The lowest BCUT2D eigenvalue weighted by Gasteiger charge is -2.35. The van der Waals surface area contributed by atoms with E-state index in [0.717, 1.165) is 12.0 Å². The molecule has 0 bridgehead atoms. The molecule has 0 aliphatic carbocycles. The van der Waals surface area contributed by atoms with Gasteiger partial charge in [0.1, 0.15) is 0 Å². The quantitative estimate of drug-likeness (QED) is 0.726. The minimum atomic E-state index is -0.873. The predicted molar refractivity (Wildman–Crippen MR) is 104 cm³/mol. The number of ether oxygens (including phenoxy) is 1. The Kier molecular flexibility index (Phi) is 8.06. The second-order valence-corrected chi connectivity index (χ2v) is 7.57. The fourth-order valence-corrected chi connectivity index (χ4v) is 3.33. The predicted octanol–water partition coefficient (Wildman–Crippen LogP) is 2.20. The number of carbonyl (C=O) groups is 2. The first-order chi connectivity index (χ1) is 12.8. The Hall–Kier alpha value is -2.12. The molecule has 2 rings (SSSR count). The third-order valence-electron chi connectivity index (χ3n) is 4.55. The Balaban J connectivity index is 1.95. The highest BCUT2D eigenvalue weighted by atomic mass is 16.5. The van der Waals surface area contributed by atoms with Gasteiger partial charge in [0.15, 0.2) is 0 Å². The number of benzene rings is 1. The summed E-state index contributed by atoms with van der Waals surface area (Å²) in [6, 6.07) is 9.88. The second kappa shape index (κ2) is 10.3. The van der Waals surface area contributed by atoms with Gasteiger partial charge in [-0.25, -0.2) is 4.79 Å². The Morgan fingerprint density at radius 2 is 2.04 bits per heavy atom. The topological polar surface area (TPSA) is 82.1 Å². The molecule has 2 N–H and O–H groups in total. The van der Waals surface area contributed by atoms with Crippen LogP contribution in [-0.4, -0.2) is 72.8 Å². The van der Waals surface area contributed by atoms with E-state index in [1.54, 1.807) is 16.8 Å². The Labute approximate surface area is 161 Å². The van der Waals surface area contributed by atoms with Gasteiger partial charge in [-0.15, -0.1) is 0 Å². The lowest BCUT2D eigenvalue weighted by molar-refractivity contribution is -0.138. The number of carboxylic acid groups (broad SMARTS) is 1. The van der Waals surface area contributed by atoms with Crippen LogP contribution in [0.3, 0.4) is 0 Å². The summed E-state index contributed by atoms with van der Waals surface area (Å²) in [6.45, 7) is 6.17. The number of likely N-dealkylation sites (N-methyl/N-ethyl adjacent to an activating group) is 1. The van der Waals surface area contributed by atoms with Crippen LogP contribution in [0.1, 0.15) is 31.9 Å². The summed E-state index contributed by atoms with van der Waals surface area (Å²) >= 11 is 0. The molecule has 0 saturated carbocycles. The molecule has 27 heavy (non-hydrogen) atoms. The van der Waals surface area contributed by atoms with Crippen LogP contribution >= 0.6 is 0 Å². The number of amides is 2. The fourth-order valence-electron chi connectivity index (χ4n) is 3.33. The van der Waals surface area contributed by atoms with E-state index in [4.69, 9.17) is 9.84 Å². The highest BCUT2D eigenvalue weighted by Gasteiger charge is 2.27. The zero-order valence-corrected chi connectivity index (χ0v) is 16.4. The van der Waals surface area contributed by atoms with E-state index < -0.39 is 5.97 Å². The minimum Gasteiger partial charge on any atom is -0.480 e. The molecule has 1 saturated heterocycles. The molecule has 0 aromatic heterocycles. The summed E-state index contributed by atoms with van der Waals surface area (Å²) in [4.78, 5) is 27.1. The molecule has 1 fully saturated rings. The summed E-state index contributed by atoms with van der Waals surface area (Å²) in [7, 11) is 1.74. The van der Waals surface area contributed by atoms with Crippen molar-refractivity contribution in [2.75, 3.05) is 39.8 Å². The molecular weight excluding hydrogens is 346 g/mol. The van der Waals surface area contributed by atoms with Crippen molar-refractivity contribution >= 4 is 12.0 Å². The van der Waals surface area contributed by atoms with Crippen LogP contribution in [0.5, 0.6) is 0 Å². The number of nitrogens with one attached hydrogen (secondary N) is 1. The molecule has 1 heterocycles. The van der Waals surface area contributed by atoms with Crippen LogP contribution < -0.4 is 5.32 Å². The van der Waals surface area contributed by atoms with E-state index in [1.165, 1.54) is 0 Å². The summed E-state index contributed by atoms with van der Waals surface area (Å²) in [6.07, 6.45) is 0.680. The number of rotatable bonds is 8. The summed E-state index contributed by atoms with van der Waals surface area (Å²) in [5, 5.41) is 12.0. The summed E-state index contributed by atoms with van der Waals surface area (Å²) in [5.74, 6) is -0.417. The highest BCUT2D eigenvalue weighted by molar-refractivity contribution is 5.75. The molecule has 1 aromatic rings. The average Bonchev–Trinajstić information content (AvgIpc) is 2.61. The third kappa shape index (κ3) is 7.19. The number of nitrogens with zero attached hydrogens (tertiary/aromatic N) is 2. The number of carboxylic acids is 1. The average molecular weight is 377 g/mol. The van der Waals surface area contributed by atoms with E-state index >= 15 is 0 Å². The van der Waals surface area contributed by atoms with Gasteiger partial charge in [0.05, 0.1) is 25.3 Å². The Bertz CT molecular complexity index is 609. The monoisotopic (exact) mass is 377 g/mol. The van der Waals surface area contributed by atoms with Crippen molar-refractivity contribution in [3.05, 3.63) is 35.9 Å². The molecule has 2 atom stereocenters. The van der Waals surface area contributed by atoms with Crippen molar-refractivity contribution in [1.29, 1.82) is 0 Å². The van der Waals surface area contributed by atoms with Gasteiger partial charge >= 0.3 is 12.0 Å². The van der Waals surface area contributed by atoms with Crippen LogP contribution in [-0.2, 0) is 9.53 Å². The van der Waals surface area contributed by atoms with Crippen molar-refractivity contribution in [3.8, 4) is 0 Å². The minimum absolute atomic E-state index is 0.0327. The number of urea groups is 1. The molecular formula is C20H31N3O4. The molecule has 0 radical (unpaired) electrons. The first-order valence-corrected chi connectivity index (χ1v) is 9.47. The number of hydrogen-bond acceptors (Lipinski definition) is 4. The van der Waals surface area contributed by atoms with Crippen LogP contribution in [0.2, 0.25) is 0 Å². The number of carbonyl (C=O) groups excluding carboxylic acids is 1. The largest absolute Gasteiger partial charge is 0.480 e. The normalized spacial score (nSPS) is 18.6. The number of hydrogen-bond donors (Lipinski definition) is 2. The number of aliphatic carboxylic acids is 1. The van der Waals surface area contributed by atoms with Crippen molar-refractivity contribution in [3.63, 3.8) is 0 Å². The Morgan fingerprint density at radius 3 is 2.67 bits per heavy atom. The first kappa shape index (κ1) is 21.2. The maximum absolute atomic E-state index is 12.8. The van der Waals surface area contributed by atoms with Gasteiger partial charge < -0.3 is 20.1 Å². The van der Waals surface area contributed by atoms with Crippen LogP contribution in [0, 0.1) is 5.92 Å². The lowest BCUT2D eigenvalue weighted by Crippen LogP contribution is -2.52. The highest BCUT2D eigenvalue weighted by Crippen LogP contribution is 2.21. The molecule has 1 aliphatic rings. The van der Waals surface area contributed by atoms with E-state index in [1.807, 2.05) is 30.3 Å². The van der Waals surface area contributed by atoms with E-state index in [0.29, 0.717) is 32.2 Å².